The van der Waals surface area contributed by atoms with Gasteiger partial charge in [-0.05, 0) is 29.7 Å². The van der Waals surface area contributed by atoms with Crippen molar-refractivity contribution in [2.75, 3.05) is 0 Å². The summed E-state index contributed by atoms with van der Waals surface area (Å²) in [7, 11) is 0. The number of fused-ring (bicyclic) bond motifs is 1. The maximum Gasteiger partial charge on any atom is 0.356 e. The highest BCUT2D eigenvalue weighted by molar-refractivity contribution is 5.90. The van der Waals surface area contributed by atoms with E-state index in [-0.39, 0.29) is 11.4 Å². The van der Waals surface area contributed by atoms with Crippen LogP contribution in [0.25, 0.3) is 16.6 Å². The zero-order chi connectivity index (χ0) is 13.4. The molecule has 0 amide bonds. The molecule has 1 aromatic carbocycles. The van der Waals surface area contributed by atoms with Crippen molar-refractivity contribution in [1.82, 2.24) is 14.8 Å². The number of hydrogen-bond donors (Lipinski definition) is 2. The highest BCUT2D eigenvalue weighted by Crippen LogP contribution is 2.24. The Kier molecular flexibility index (Phi) is 2.42. The number of aromatic carboxylic acids is 1. The van der Waals surface area contributed by atoms with Crippen molar-refractivity contribution in [3.8, 4) is 11.6 Å². The third-order valence-corrected chi connectivity index (χ3v) is 2.75. The molecule has 0 saturated carbocycles. The first-order chi connectivity index (χ1) is 9.15. The maximum absolute atomic E-state index is 10.8. The molecule has 2 aromatic heterocycles. The average molecular weight is 255 g/mol. The van der Waals surface area contributed by atoms with E-state index in [0.717, 1.165) is 5.39 Å². The zero-order valence-electron chi connectivity index (χ0n) is 9.69. The van der Waals surface area contributed by atoms with Crippen LogP contribution >= 0.6 is 0 Å². The summed E-state index contributed by atoms with van der Waals surface area (Å²) in [6, 6.07) is 8.11. The van der Waals surface area contributed by atoms with Crippen molar-refractivity contribution >= 4 is 16.7 Å². The number of benzene rings is 1. The number of nitrogens with zero attached hydrogens (tertiary/aromatic N) is 3. The van der Waals surface area contributed by atoms with E-state index in [0.29, 0.717) is 11.2 Å². The fraction of sp³-hybridized carbons (Fsp3) is 0. The molecule has 0 aliphatic heterocycles. The number of rotatable bonds is 2. The standard InChI is InChI=1S/C13H9N3O3/c17-9-2-1-8-3-5-14-12(10(8)7-9)16-6-4-11(15-16)13(18)19/h1-7,17H,(H,18,19). The fourth-order valence-corrected chi connectivity index (χ4v) is 1.88. The van der Waals surface area contributed by atoms with Gasteiger partial charge < -0.3 is 10.2 Å². The number of pyridine rings is 1. The van der Waals surface area contributed by atoms with Gasteiger partial charge in [-0.25, -0.2) is 14.5 Å². The summed E-state index contributed by atoms with van der Waals surface area (Å²) in [4.78, 5) is 15.0. The number of aromatic hydroxyl groups is 1. The molecule has 3 rings (SSSR count). The molecular formula is C13H9N3O3. The molecule has 0 atom stereocenters. The lowest BCUT2D eigenvalue weighted by Gasteiger charge is -2.05. The van der Waals surface area contributed by atoms with E-state index in [1.165, 1.54) is 16.9 Å². The minimum absolute atomic E-state index is 0.0565. The maximum atomic E-state index is 10.8. The second kappa shape index (κ2) is 4.09. The van der Waals surface area contributed by atoms with E-state index in [4.69, 9.17) is 5.11 Å². The van der Waals surface area contributed by atoms with Crippen LogP contribution in [0, 0.1) is 0 Å². The Morgan fingerprint density at radius 2 is 2.05 bits per heavy atom. The van der Waals surface area contributed by atoms with Crippen LogP contribution in [0.1, 0.15) is 10.5 Å². The third kappa shape index (κ3) is 1.89. The number of phenolic OH excluding ortho intramolecular Hbond substituents is 1. The first-order valence-electron chi connectivity index (χ1n) is 5.52. The fourth-order valence-electron chi connectivity index (χ4n) is 1.88. The average Bonchev–Trinajstić information content (AvgIpc) is 2.87. The molecule has 6 nitrogen and oxygen atoms in total. The van der Waals surface area contributed by atoms with Gasteiger partial charge in [-0.2, -0.15) is 5.10 Å². The van der Waals surface area contributed by atoms with Gasteiger partial charge in [-0.3, -0.25) is 0 Å². The molecule has 2 heterocycles. The smallest absolute Gasteiger partial charge is 0.356 e. The predicted octanol–water partition coefficient (Wildman–Crippen LogP) is 1.82. The van der Waals surface area contributed by atoms with Gasteiger partial charge in [0.25, 0.3) is 0 Å². The van der Waals surface area contributed by atoms with E-state index < -0.39 is 5.97 Å². The summed E-state index contributed by atoms with van der Waals surface area (Å²) in [5.41, 5.74) is -0.0565. The van der Waals surface area contributed by atoms with Gasteiger partial charge in [0.2, 0.25) is 0 Å². The van der Waals surface area contributed by atoms with Gasteiger partial charge in [0.05, 0.1) is 0 Å². The van der Waals surface area contributed by atoms with Gasteiger partial charge in [0, 0.05) is 17.8 Å². The number of carbonyl (C=O) groups is 1. The minimum Gasteiger partial charge on any atom is -0.508 e. The molecule has 0 saturated heterocycles. The van der Waals surface area contributed by atoms with Gasteiger partial charge >= 0.3 is 5.97 Å². The van der Waals surface area contributed by atoms with E-state index >= 15 is 0 Å². The van der Waals surface area contributed by atoms with Crippen LogP contribution in [-0.2, 0) is 0 Å². The number of carboxylic acids is 1. The molecule has 6 heteroatoms. The van der Waals surface area contributed by atoms with Gasteiger partial charge in [0.1, 0.15) is 5.75 Å². The van der Waals surface area contributed by atoms with E-state index in [1.807, 2.05) is 0 Å². The monoisotopic (exact) mass is 255 g/mol. The number of carboxylic acid groups (broad SMARTS) is 1. The SMILES string of the molecule is O=C(O)c1ccn(-c2nccc3ccc(O)cc23)n1. The van der Waals surface area contributed by atoms with Crippen molar-refractivity contribution < 1.29 is 15.0 Å². The quantitative estimate of drug-likeness (QED) is 0.729. The van der Waals surface area contributed by atoms with E-state index in [1.54, 1.807) is 30.5 Å². The molecule has 19 heavy (non-hydrogen) atoms. The van der Waals surface area contributed by atoms with Crippen molar-refractivity contribution in [2.45, 2.75) is 0 Å². The van der Waals surface area contributed by atoms with Crippen LogP contribution in [0.2, 0.25) is 0 Å². The van der Waals surface area contributed by atoms with Crippen LogP contribution in [0.15, 0.2) is 42.7 Å². The Balaban J connectivity index is 2.23. The largest absolute Gasteiger partial charge is 0.508 e. The first-order valence-corrected chi connectivity index (χ1v) is 5.52. The Morgan fingerprint density at radius 3 is 2.79 bits per heavy atom. The molecule has 0 bridgehead atoms. The molecule has 0 radical (unpaired) electrons. The highest BCUT2D eigenvalue weighted by atomic mass is 16.4. The third-order valence-electron chi connectivity index (χ3n) is 2.75. The predicted molar refractivity (Wildman–Crippen MR) is 67.5 cm³/mol. The van der Waals surface area contributed by atoms with E-state index in [9.17, 15) is 9.90 Å². The molecule has 2 N–H and O–H groups in total. The number of aromatic nitrogens is 3. The Hall–Kier alpha value is -2.89. The molecule has 0 spiro atoms. The van der Waals surface area contributed by atoms with Crippen LogP contribution in [0.4, 0.5) is 0 Å². The lowest BCUT2D eigenvalue weighted by molar-refractivity contribution is 0.0690. The summed E-state index contributed by atoms with van der Waals surface area (Å²) in [5, 5.41) is 23.9. The Bertz CT molecular complexity index is 780. The zero-order valence-corrected chi connectivity index (χ0v) is 9.69. The van der Waals surface area contributed by atoms with Crippen LogP contribution < -0.4 is 0 Å². The molecule has 0 aliphatic carbocycles. The molecule has 94 valence electrons. The molecule has 3 aromatic rings. The van der Waals surface area contributed by atoms with Crippen LogP contribution in [0.3, 0.4) is 0 Å². The van der Waals surface area contributed by atoms with E-state index in [2.05, 4.69) is 10.1 Å². The molecule has 0 aliphatic rings. The Morgan fingerprint density at radius 1 is 1.21 bits per heavy atom. The molecule has 0 unspecified atom stereocenters. The second-order valence-corrected chi connectivity index (χ2v) is 3.99. The van der Waals surface area contributed by atoms with Crippen molar-refractivity contribution in [2.24, 2.45) is 0 Å². The number of phenols is 1. The topological polar surface area (TPSA) is 88.2 Å². The van der Waals surface area contributed by atoms with Crippen molar-refractivity contribution in [1.29, 1.82) is 0 Å². The summed E-state index contributed by atoms with van der Waals surface area (Å²) in [6.45, 7) is 0. The highest BCUT2D eigenvalue weighted by Gasteiger charge is 2.11. The minimum atomic E-state index is -1.10. The van der Waals surface area contributed by atoms with Gasteiger partial charge in [-0.15, -0.1) is 0 Å². The summed E-state index contributed by atoms with van der Waals surface area (Å²) < 4.78 is 1.38. The van der Waals surface area contributed by atoms with Gasteiger partial charge in [0.15, 0.2) is 11.5 Å². The second-order valence-electron chi connectivity index (χ2n) is 3.99. The summed E-state index contributed by atoms with van der Waals surface area (Å²) in [5.74, 6) is -0.505. The van der Waals surface area contributed by atoms with Crippen molar-refractivity contribution in [3.63, 3.8) is 0 Å². The lowest BCUT2D eigenvalue weighted by Crippen LogP contribution is -2.03. The first kappa shape index (κ1) is 11.2. The number of hydrogen-bond acceptors (Lipinski definition) is 4. The van der Waals surface area contributed by atoms with Crippen LogP contribution in [-0.4, -0.2) is 30.9 Å². The summed E-state index contributed by atoms with van der Waals surface area (Å²) >= 11 is 0. The molecular weight excluding hydrogens is 246 g/mol. The van der Waals surface area contributed by atoms with Gasteiger partial charge in [-0.1, -0.05) is 6.07 Å². The van der Waals surface area contributed by atoms with Crippen LogP contribution in [0.5, 0.6) is 5.75 Å². The van der Waals surface area contributed by atoms with Crippen molar-refractivity contribution in [3.05, 3.63) is 48.4 Å². The molecule has 0 fully saturated rings. The summed E-state index contributed by atoms with van der Waals surface area (Å²) in [6.07, 6.45) is 3.13. The Labute approximate surface area is 107 Å². The lowest BCUT2D eigenvalue weighted by atomic mass is 10.1. The normalized spacial score (nSPS) is 10.7.